The Morgan fingerprint density at radius 1 is 1.67 bits per heavy atom. The fourth-order valence-electron chi connectivity index (χ4n) is 1.05. The van der Waals surface area contributed by atoms with E-state index < -0.39 is 0 Å². The van der Waals surface area contributed by atoms with Gasteiger partial charge in [0.2, 0.25) is 0 Å². The molecule has 0 bridgehead atoms. The third kappa shape index (κ3) is 1.71. The van der Waals surface area contributed by atoms with E-state index in [1.807, 2.05) is 0 Å². The summed E-state index contributed by atoms with van der Waals surface area (Å²) in [4.78, 5) is 11.3. The molecular weight excluding hydrogens is 159 g/mol. The van der Waals surface area contributed by atoms with Crippen molar-refractivity contribution in [2.45, 2.75) is 6.54 Å². The lowest BCUT2D eigenvalue weighted by molar-refractivity contribution is 0.597. The van der Waals surface area contributed by atoms with Gasteiger partial charge in [0, 0.05) is 25.4 Å². The van der Waals surface area contributed by atoms with Crippen molar-refractivity contribution in [2.75, 3.05) is 7.05 Å². The lowest BCUT2D eigenvalue weighted by Gasteiger charge is -2.02. The van der Waals surface area contributed by atoms with Gasteiger partial charge in [-0.25, -0.2) is 4.39 Å². The molecule has 0 saturated carbocycles. The van der Waals surface area contributed by atoms with Crippen LogP contribution in [0.5, 0.6) is 0 Å². The Bertz CT molecular complexity index is 332. The van der Waals surface area contributed by atoms with Crippen LogP contribution >= 0.6 is 0 Å². The first-order valence-electron chi connectivity index (χ1n) is 3.65. The van der Waals surface area contributed by atoms with E-state index in [-0.39, 0.29) is 11.4 Å². The lowest BCUT2D eigenvalue weighted by Crippen LogP contribution is -2.24. The number of nitrogens with zero attached hydrogens (tertiary/aromatic N) is 1. The molecule has 0 atom stereocenters. The number of hydrogen-bond acceptors (Lipinski definition) is 2. The quantitative estimate of drug-likeness (QED) is 0.690. The molecule has 1 aromatic rings. The van der Waals surface area contributed by atoms with Crippen LogP contribution in [0.3, 0.4) is 0 Å². The SMILES string of the molecule is CNCc1cc(F)cn(C)c1=O. The van der Waals surface area contributed by atoms with Gasteiger partial charge >= 0.3 is 0 Å². The molecule has 0 radical (unpaired) electrons. The Morgan fingerprint density at radius 3 is 2.92 bits per heavy atom. The van der Waals surface area contributed by atoms with Gasteiger partial charge in [0.15, 0.2) is 0 Å². The fraction of sp³-hybridized carbons (Fsp3) is 0.375. The Morgan fingerprint density at radius 2 is 2.33 bits per heavy atom. The predicted octanol–water partition coefficient (Wildman–Crippen LogP) is 0.244. The topological polar surface area (TPSA) is 34.0 Å². The van der Waals surface area contributed by atoms with Gasteiger partial charge in [0.25, 0.3) is 5.56 Å². The minimum absolute atomic E-state index is 0.161. The van der Waals surface area contributed by atoms with Crippen LogP contribution in [-0.4, -0.2) is 11.6 Å². The molecule has 0 unspecified atom stereocenters. The molecule has 0 saturated heterocycles. The summed E-state index contributed by atoms with van der Waals surface area (Å²) in [6, 6.07) is 1.25. The number of aryl methyl sites for hydroxylation is 1. The molecule has 0 spiro atoms. The largest absolute Gasteiger partial charge is 0.315 e. The molecular formula is C8H11FN2O. The first-order chi connectivity index (χ1) is 5.65. The van der Waals surface area contributed by atoms with Gasteiger partial charge in [-0.3, -0.25) is 4.79 Å². The summed E-state index contributed by atoms with van der Waals surface area (Å²) in [7, 11) is 3.24. The summed E-state index contributed by atoms with van der Waals surface area (Å²) in [6.07, 6.45) is 1.17. The molecule has 4 heteroatoms. The average molecular weight is 170 g/mol. The van der Waals surface area contributed by atoms with E-state index in [2.05, 4.69) is 5.32 Å². The minimum Gasteiger partial charge on any atom is -0.315 e. The standard InChI is InChI=1S/C8H11FN2O/c1-10-4-6-3-7(9)5-11(2)8(6)12/h3,5,10H,4H2,1-2H3. The molecule has 1 heterocycles. The van der Waals surface area contributed by atoms with Crippen LogP contribution in [0.15, 0.2) is 17.1 Å². The van der Waals surface area contributed by atoms with Gasteiger partial charge in [-0.2, -0.15) is 0 Å². The molecule has 66 valence electrons. The van der Waals surface area contributed by atoms with E-state index in [1.54, 1.807) is 7.05 Å². The molecule has 1 rings (SSSR count). The Balaban J connectivity index is 3.19. The molecule has 0 aliphatic rings. The molecule has 0 amide bonds. The summed E-state index contributed by atoms with van der Waals surface area (Å²) in [5.74, 6) is -0.387. The Kier molecular flexibility index (Phi) is 2.60. The van der Waals surface area contributed by atoms with Crippen LogP contribution in [-0.2, 0) is 13.6 Å². The van der Waals surface area contributed by atoms with Crippen molar-refractivity contribution in [1.82, 2.24) is 9.88 Å². The van der Waals surface area contributed by atoms with Crippen LogP contribution in [0, 0.1) is 5.82 Å². The molecule has 1 aromatic heterocycles. The number of hydrogen-bond donors (Lipinski definition) is 1. The fourth-order valence-corrected chi connectivity index (χ4v) is 1.05. The third-order valence-corrected chi connectivity index (χ3v) is 1.59. The van der Waals surface area contributed by atoms with Crippen LogP contribution in [0.1, 0.15) is 5.56 Å². The van der Waals surface area contributed by atoms with Gasteiger partial charge in [-0.1, -0.05) is 0 Å². The second-order valence-corrected chi connectivity index (χ2v) is 2.63. The smallest absolute Gasteiger partial charge is 0.254 e. The van der Waals surface area contributed by atoms with Gasteiger partial charge in [0.05, 0.1) is 0 Å². The summed E-state index contributed by atoms with van der Waals surface area (Å²) in [5.41, 5.74) is 0.283. The maximum absolute atomic E-state index is 12.7. The third-order valence-electron chi connectivity index (χ3n) is 1.59. The maximum atomic E-state index is 12.7. The predicted molar refractivity (Wildman–Crippen MR) is 44.4 cm³/mol. The van der Waals surface area contributed by atoms with E-state index in [4.69, 9.17) is 0 Å². The highest BCUT2D eigenvalue weighted by atomic mass is 19.1. The van der Waals surface area contributed by atoms with Crippen molar-refractivity contribution >= 4 is 0 Å². The first kappa shape index (κ1) is 8.93. The minimum atomic E-state index is -0.387. The summed E-state index contributed by atoms with van der Waals surface area (Å²) in [6.45, 7) is 0.393. The van der Waals surface area contributed by atoms with E-state index in [1.165, 1.54) is 23.9 Å². The van der Waals surface area contributed by atoms with Gasteiger partial charge < -0.3 is 9.88 Å². The monoisotopic (exact) mass is 170 g/mol. The van der Waals surface area contributed by atoms with Crippen molar-refractivity contribution in [3.05, 3.63) is 34.0 Å². The van der Waals surface area contributed by atoms with E-state index in [0.717, 1.165) is 0 Å². The number of rotatable bonds is 2. The molecule has 0 aromatic carbocycles. The van der Waals surface area contributed by atoms with Crippen LogP contribution < -0.4 is 10.9 Å². The van der Waals surface area contributed by atoms with Crippen molar-refractivity contribution in [2.24, 2.45) is 7.05 Å². The van der Waals surface area contributed by atoms with E-state index in [9.17, 15) is 9.18 Å². The normalized spacial score (nSPS) is 10.2. The zero-order valence-corrected chi connectivity index (χ0v) is 7.10. The highest BCUT2D eigenvalue weighted by Gasteiger charge is 2.02. The summed E-state index contributed by atoms with van der Waals surface area (Å²) >= 11 is 0. The number of nitrogens with one attached hydrogen (secondary N) is 1. The van der Waals surface area contributed by atoms with Gasteiger partial charge in [-0.05, 0) is 13.1 Å². The highest BCUT2D eigenvalue weighted by molar-refractivity contribution is 5.11. The maximum Gasteiger partial charge on any atom is 0.254 e. The molecule has 12 heavy (non-hydrogen) atoms. The van der Waals surface area contributed by atoms with Crippen LogP contribution in [0.2, 0.25) is 0 Å². The van der Waals surface area contributed by atoms with Crippen molar-refractivity contribution in [3.63, 3.8) is 0 Å². The van der Waals surface area contributed by atoms with Crippen LogP contribution in [0.4, 0.5) is 4.39 Å². The van der Waals surface area contributed by atoms with E-state index in [0.29, 0.717) is 12.1 Å². The van der Waals surface area contributed by atoms with Gasteiger partial charge in [-0.15, -0.1) is 0 Å². The van der Waals surface area contributed by atoms with E-state index >= 15 is 0 Å². The van der Waals surface area contributed by atoms with Crippen molar-refractivity contribution in [1.29, 1.82) is 0 Å². The Labute approximate surface area is 69.8 Å². The summed E-state index contributed by atoms with van der Waals surface area (Å²) in [5, 5.41) is 2.80. The Hall–Kier alpha value is -1.16. The van der Waals surface area contributed by atoms with Crippen molar-refractivity contribution < 1.29 is 4.39 Å². The lowest BCUT2D eigenvalue weighted by atomic mass is 10.2. The second kappa shape index (κ2) is 3.49. The molecule has 1 N–H and O–H groups in total. The van der Waals surface area contributed by atoms with Crippen LogP contribution in [0.25, 0.3) is 0 Å². The number of halogens is 1. The summed E-state index contributed by atoms with van der Waals surface area (Å²) < 4.78 is 14.0. The molecule has 3 nitrogen and oxygen atoms in total. The first-order valence-corrected chi connectivity index (χ1v) is 3.65. The number of pyridine rings is 1. The highest BCUT2D eigenvalue weighted by Crippen LogP contribution is 1.96. The zero-order valence-electron chi connectivity index (χ0n) is 7.10. The zero-order chi connectivity index (χ0) is 9.14. The molecule has 0 aliphatic carbocycles. The molecule has 0 aliphatic heterocycles. The van der Waals surface area contributed by atoms with Gasteiger partial charge in [0.1, 0.15) is 5.82 Å². The second-order valence-electron chi connectivity index (χ2n) is 2.63. The average Bonchev–Trinajstić information content (AvgIpc) is 2.00. The number of aromatic nitrogens is 1. The van der Waals surface area contributed by atoms with Crippen molar-refractivity contribution in [3.8, 4) is 0 Å². The molecule has 0 fully saturated rings.